The second-order valence-corrected chi connectivity index (χ2v) is 5.56. The fraction of sp³-hybridized carbons (Fsp3) is 0.529. The van der Waals surface area contributed by atoms with Gasteiger partial charge in [-0.2, -0.15) is 0 Å². The van der Waals surface area contributed by atoms with Crippen LogP contribution < -0.4 is 10.1 Å². The van der Waals surface area contributed by atoms with E-state index in [1.165, 1.54) is 4.90 Å². The monoisotopic (exact) mass is 322 g/mol. The number of likely N-dealkylation sites (N-methyl/N-ethyl adjacent to an activating group) is 1. The predicted octanol–water partition coefficient (Wildman–Crippen LogP) is 1.89. The highest BCUT2D eigenvalue weighted by molar-refractivity contribution is 5.79. The number of rotatable bonds is 10. The maximum atomic E-state index is 11.9. The molecule has 1 rings (SSSR count). The second-order valence-electron chi connectivity index (χ2n) is 5.56. The predicted molar refractivity (Wildman–Crippen MR) is 88.4 cm³/mol. The van der Waals surface area contributed by atoms with Gasteiger partial charge in [0.05, 0.1) is 13.2 Å². The van der Waals surface area contributed by atoms with Crippen LogP contribution in [0.2, 0.25) is 0 Å². The van der Waals surface area contributed by atoms with Crippen LogP contribution in [0.15, 0.2) is 24.3 Å². The van der Waals surface area contributed by atoms with Crippen molar-refractivity contribution in [1.29, 1.82) is 0 Å². The molecule has 6 nitrogen and oxygen atoms in total. The molecule has 0 fully saturated rings. The zero-order valence-corrected chi connectivity index (χ0v) is 14.0. The molecule has 1 atom stereocenters. The first kappa shape index (κ1) is 19.0. The Morgan fingerprint density at radius 1 is 1.39 bits per heavy atom. The lowest BCUT2D eigenvalue weighted by molar-refractivity contribution is -0.142. The molecule has 6 heteroatoms. The molecule has 0 spiro atoms. The number of nitrogens with zero attached hydrogens (tertiary/aromatic N) is 1. The van der Waals surface area contributed by atoms with Crippen molar-refractivity contribution in [2.45, 2.75) is 39.3 Å². The molecule has 128 valence electrons. The van der Waals surface area contributed by atoms with E-state index in [0.717, 1.165) is 24.2 Å². The van der Waals surface area contributed by atoms with Crippen molar-refractivity contribution in [1.82, 2.24) is 10.2 Å². The average molecular weight is 322 g/mol. The molecule has 0 bridgehead atoms. The van der Waals surface area contributed by atoms with E-state index in [1.807, 2.05) is 24.3 Å². The van der Waals surface area contributed by atoms with Gasteiger partial charge >= 0.3 is 5.97 Å². The standard InChI is InChI=1S/C17H26N2O4/c1-4-5-9-23-15-8-6-7-14(10-15)11-18-16(20)12-19(3)13(2)17(21)22/h6-8,10,13H,4-5,9,11-12H2,1-3H3,(H,18,20)(H,21,22). The molecule has 0 aromatic heterocycles. The maximum Gasteiger partial charge on any atom is 0.320 e. The normalized spacial score (nSPS) is 12.0. The van der Waals surface area contributed by atoms with Crippen molar-refractivity contribution in [3.63, 3.8) is 0 Å². The van der Waals surface area contributed by atoms with E-state index in [-0.39, 0.29) is 12.5 Å². The lowest BCUT2D eigenvalue weighted by Crippen LogP contribution is -2.42. The number of aliphatic carboxylic acids is 1. The summed E-state index contributed by atoms with van der Waals surface area (Å²) in [4.78, 5) is 24.2. The van der Waals surface area contributed by atoms with Crippen LogP contribution in [0.1, 0.15) is 32.3 Å². The molecular weight excluding hydrogens is 296 g/mol. The molecule has 0 aliphatic carbocycles. The zero-order valence-electron chi connectivity index (χ0n) is 14.0. The lowest BCUT2D eigenvalue weighted by Gasteiger charge is -2.20. The summed E-state index contributed by atoms with van der Waals surface area (Å²) >= 11 is 0. The quantitative estimate of drug-likeness (QED) is 0.643. The van der Waals surface area contributed by atoms with Crippen LogP contribution in [-0.4, -0.2) is 48.1 Å². The Kier molecular flexibility index (Phi) is 8.11. The summed E-state index contributed by atoms with van der Waals surface area (Å²) in [5.74, 6) is -0.364. The third kappa shape index (κ3) is 7.15. The molecule has 23 heavy (non-hydrogen) atoms. The van der Waals surface area contributed by atoms with Gasteiger partial charge in [0.25, 0.3) is 0 Å². The Morgan fingerprint density at radius 2 is 2.13 bits per heavy atom. The van der Waals surface area contributed by atoms with E-state index in [0.29, 0.717) is 13.2 Å². The van der Waals surface area contributed by atoms with Crippen LogP contribution in [-0.2, 0) is 16.1 Å². The number of benzene rings is 1. The molecule has 0 aliphatic rings. The largest absolute Gasteiger partial charge is 0.494 e. The van der Waals surface area contributed by atoms with Gasteiger partial charge < -0.3 is 15.2 Å². The number of hydrogen-bond acceptors (Lipinski definition) is 4. The van der Waals surface area contributed by atoms with Gasteiger partial charge in [-0.25, -0.2) is 0 Å². The molecule has 1 amide bonds. The van der Waals surface area contributed by atoms with Gasteiger partial charge in [-0.1, -0.05) is 25.5 Å². The summed E-state index contributed by atoms with van der Waals surface area (Å²) in [5, 5.41) is 11.7. The van der Waals surface area contributed by atoms with Gasteiger partial charge in [0.2, 0.25) is 5.91 Å². The fourth-order valence-electron chi connectivity index (χ4n) is 1.89. The Morgan fingerprint density at radius 3 is 2.78 bits per heavy atom. The first-order valence-corrected chi connectivity index (χ1v) is 7.85. The van der Waals surface area contributed by atoms with Crippen molar-refractivity contribution in [3.8, 4) is 5.75 Å². The summed E-state index contributed by atoms with van der Waals surface area (Å²) in [6.45, 7) is 4.77. The van der Waals surface area contributed by atoms with Crippen LogP contribution in [0.25, 0.3) is 0 Å². The molecular formula is C17H26N2O4. The smallest absolute Gasteiger partial charge is 0.320 e. The van der Waals surface area contributed by atoms with Crippen LogP contribution in [0.3, 0.4) is 0 Å². The van der Waals surface area contributed by atoms with Gasteiger partial charge in [-0.3, -0.25) is 14.5 Å². The van der Waals surface area contributed by atoms with E-state index in [2.05, 4.69) is 12.2 Å². The molecule has 1 aromatic rings. The third-order valence-electron chi connectivity index (χ3n) is 3.57. The van der Waals surface area contributed by atoms with E-state index >= 15 is 0 Å². The van der Waals surface area contributed by atoms with Gasteiger partial charge in [0.15, 0.2) is 0 Å². The molecule has 0 saturated carbocycles. The third-order valence-corrected chi connectivity index (χ3v) is 3.57. The van der Waals surface area contributed by atoms with Crippen molar-refractivity contribution < 1.29 is 19.4 Å². The maximum absolute atomic E-state index is 11.9. The van der Waals surface area contributed by atoms with Crippen molar-refractivity contribution >= 4 is 11.9 Å². The minimum Gasteiger partial charge on any atom is -0.494 e. The zero-order chi connectivity index (χ0) is 17.2. The number of ether oxygens (including phenoxy) is 1. The summed E-state index contributed by atoms with van der Waals surface area (Å²) in [7, 11) is 1.61. The number of nitrogens with one attached hydrogen (secondary N) is 1. The van der Waals surface area contributed by atoms with Crippen molar-refractivity contribution in [2.24, 2.45) is 0 Å². The molecule has 0 heterocycles. The highest BCUT2D eigenvalue weighted by atomic mass is 16.5. The number of carbonyl (C=O) groups is 2. The van der Waals surface area contributed by atoms with Crippen LogP contribution in [0, 0.1) is 0 Å². The van der Waals surface area contributed by atoms with E-state index in [1.54, 1.807) is 14.0 Å². The SMILES string of the molecule is CCCCOc1cccc(CNC(=O)CN(C)C(C)C(=O)O)c1. The topological polar surface area (TPSA) is 78.9 Å². The number of carboxylic acids is 1. The molecule has 2 N–H and O–H groups in total. The lowest BCUT2D eigenvalue weighted by atomic mass is 10.2. The highest BCUT2D eigenvalue weighted by Crippen LogP contribution is 2.13. The highest BCUT2D eigenvalue weighted by Gasteiger charge is 2.18. The molecule has 0 radical (unpaired) electrons. The number of carboxylic acid groups (broad SMARTS) is 1. The second kappa shape index (κ2) is 9.84. The van der Waals surface area contributed by atoms with E-state index in [4.69, 9.17) is 9.84 Å². The van der Waals surface area contributed by atoms with Crippen molar-refractivity contribution in [2.75, 3.05) is 20.2 Å². The Balaban J connectivity index is 2.43. The Hall–Kier alpha value is -2.08. The Labute approximate surface area is 137 Å². The van der Waals surface area contributed by atoms with Gasteiger partial charge in [-0.15, -0.1) is 0 Å². The van der Waals surface area contributed by atoms with Gasteiger partial charge in [0.1, 0.15) is 11.8 Å². The number of hydrogen-bond donors (Lipinski definition) is 2. The summed E-state index contributed by atoms with van der Waals surface area (Å²) in [5.41, 5.74) is 0.946. The van der Waals surface area contributed by atoms with Gasteiger partial charge in [0, 0.05) is 6.54 Å². The first-order chi connectivity index (χ1) is 10.9. The first-order valence-electron chi connectivity index (χ1n) is 7.85. The molecule has 1 unspecified atom stereocenters. The summed E-state index contributed by atoms with van der Waals surface area (Å²) in [6, 6.07) is 6.90. The van der Waals surface area contributed by atoms with Crippen LogP contribution in [0.5, 0.6) is 5.75 Å². The fourth-order valence-corrected chi connectivity index (χ4v) is 1.89. The molecule has 0 saturated heterocycles. The van der Waals surface area contributed by atoms with Crippen LogP contribution >= 0.6 is 0 Å². The summed E-state index contributed by atoms with van der Waals surface area (Å²) < 4.78 is 5.63. The molecule has 1 aromatic carbocycles. The average Bonchev–Trinajstić information content (AvgIpc) is 2.52. The number of carbonyl (C=O) groups excluding carboxylic acids is 1. The van der Waals surface area contributed by atoms with E-state index < -0.39 is 12.0 Å². The minimum atomic E-state index is -0.947. The number of unbranched alkanes of at least 4 members (excludes halogenated alkanes) is 1. The van der Waals surface area contributed by atoms with Crippen LogP contribution in [0.4, 0.5) is 0 Å². The molecule has 0 aliphatic heterocycles. The van der Waals surface area contributed by atoms with Crippen molar-refractivity contribution in [3.05, 3.63) is 29.8 Å². The summed E-state index contributed by atoms with van der Waals surface area (Å²) in [6.07, 6.45) is 2.09. The van der Waals surface area contributed by atoms with E-state index in [9.17, 15) is 9.59 Å². The Bertz CT molecular complexity index is 519. The van der Waals surface area contributed by atoms with Gasteiger partial charge in [-0.05, 0) is 38.1 Å². The minimum absolute atomic E-state index is 0.0418. The number of amides is 1.